The molecule has 1 aliphatic heterocycles. The molecule has 2 aromatic heterocycles. The fourth-order valence-corrected chi connectivity index (χ4v) is 5.80. The summed E-state index contributed by atoms with van der Waals surface area (Å²) < 4.78 is 8.50. The van der Waals surface area contributed by atoms with Gasteiger partial charge in [-0.1, -0.05) is 59.6 Å². The molecule has 0 bridgehead atoms. The molecule has 7 aromatic rings. The van der Waals surface area contributed by atoms with Gasteiger partial charge in [0.25, 0.3) is 0 Å². The monoisotopic (exact) mass is 761 g/mol. The van der Waals surface area contributed by atoms with Crippen molar-refractivity contribution < 1.29 is 25.8 Å². The number of ether oxygens (including phenoxy) is 1. The van der Waals surface area contributed by atoms with E-state index in [2.05, 4.69) is 86.9 Å². The number of aryl methyl sites for hydroxylation is 1. The van der Waals surface area contributed by atoms with Gasteiger partial charge in [0.05, 0.1) is 12.3 Å². The van der Waals surface area contributed by atoms with E-state index >= 15 is 0 Å². The normalized spacial score (nSPS) is 12.2. The van der Waals surface area contributed by atoms with Gasteiger partial charge in [-0.05, 0) is 54.8 Å². The van der Waals surface area contributed by atoms with Gasteiger partial charge in [-0.2, -0.15) is 6.07 Å². The van der Waals surface area contributed by atoms with Crippen molar-refractivity contribution in [2.75, 3.05) is 9.80 Å². The molecule has 0 fully saturated rings. The summed E-state index contributed by atoms with van der Waals surface area (Å²) >= 11 is 0. The molecule has 0 radical (unpaired) electrons. The molecule has 220 valence electrons. The van der Waals surface area contributed by atoms with Gasteiger partial charge in [-0.25, -0.2) is 4.98 Å². The van der Waals surface area contributed by atoms with Crippen LogP contribution in [0.25, 0.3) is 32.5 Å². The first-order chi connectivity index (χ1) is 21.7. The summed E-state index contributed by atoms with van der Waals surface area (Å²) in [5.41, 5.74) is 7.33. The number of aromatic nitrogens is 2. The Morgan fingerprint density at radius 1 is 0.756 bits per heavy atom. The zero-order chi connectivity index (χ0) is 29.6. The molecule has 0 saturated heterocycles. The number of rotatable bonds is 5. The zero-order valence-electron chi connectivity index (χ0n) is 24.1. The Kier molecular flexibility index (Phi) is 7.33. The largest absolute Gasteiger partial charge is 0.510 e. The van der Waals surface area contributed by atoms with Gasteiger partial charge in [0.2, 0.25) is 0 Å². The van der Waals surface area contributed by atoms with Crippen molar-refractivity contribution in [3.63, 3.8) is 0 Å². The van der Waals surface area contributed by atoms with Crippen LogP contribution in [0.3, 0.4) is 0 Å². The Balaban J connectivity index is 0.00000325. The summed E-state index contributed by atoms with van der Waals surface area (Å²) in [6, 6.07) is 45.1. The van der Waals surface area contributed by atoms with Crippen LogP contribution in [-0.4, -0.2) is 9.55 Å². The second-order valence-electron chi connectivity index (χ2n) is 10.6. The minimum absolute atomic E-state index is 0. The molecular formula is C38H24N5OPt-3. The average molecular weight is 762 g/mol. The van der Waals surface area contributed by atoms with Crippen molar-refractivity contribution in [1.82, 2.24) is 9.55 Å². The first-order valence-corrected chi connectivity index (χ1v) is 14.2. The van der Waals surface area contributed by atoms with Crippen molar-refractivity contribution in [2.45, 2.75) is 6.92 Å². The minimum atomic E-state index is 0. The number of pyridine rings is 1. The van der Waals surface area contributed by atoms with E-state index in [9.17, 15) is 0 Å². The van der Waals surface area contributed by atoms with Crippen molar-refractivity contribution >= 4 is 50.2 Å². The van der Waals surface area contributed by atoms with Crippen molar-refractivity contribution in [3.05, 3.63) is 157 Å². The maximum absolute atomic E-state index is 7.82. The Morgan fingerprint density at radius 2 is 1.53 bits per heavy atom. The van der Waals surface area contributed by atoms with Crippen LogP contribution in [0.1, 0.15) is 5.56 Å². The summed E-state index contributed by atoms with van der Waals surface area (Å²) in [5.74, 6) is 1.76. The smallest absolute Gasteiger partial charge is 0.135 e. The summed E-state index contributed by atoms with van der Waals surface area (Å²) in [6.07, 6.45) is 1.79. The zero-order valence-corrected chi connectivity index (χ0v) is 26.4. The maximum atomic E-state index is 7.82. The van der Waals surface area contributed by atoms with E-state index in [1.807, 2.05) is 72.2 Å². The van der Waals surface area contributed by atoms with E-state index in [4.69, 9.17) is 11.3 Å². The molecule has 0 spiro atoms. The van der Waals surface area contributed by atoms with Crippen LogP contribution in [0.2, 0.25) is 0 Å². The molecule has 0 amide bonds. The molecule has 0 N–H and O–H groups in total. The van der Waals surface area contributed by atoms with Crippen LogP contribution in [0.15, 0.2) is 121 Å². The van der Waals surface area contributed by atoms with Crippen LogP contribution in [0.5, 0.6) is 11.5 Å². The number of benzene rings is 5. The first-order valence-electron chi connectivity index (χ1n) is 14.2. The van der Waals surface area contributed by atoms with Crippen molar-refractivity contribution in [3.8, 4) is 17.3 Å². The third kappa shape index (κ3) is 5.02. The van der Waals surface area contributed by atoms with Gasteiger partial charge >= 0.3 is 0 Å². The Bertz CT molecular complexity index is 2220. The fraction of sp³-hybridized carbons (Fsp3) is 0.0263. The number of nitrogens with zero attached hydrogens (tertiary/aromatic N) is 5. The summed E-state index contributed by atoms with van der Waals surface area (Å²) in [4.78, 5) is 12.6. The molecule has 1 aliphatic rings. The van der Waals surface area contributed by atoms with Gasteiger partial charge < -0.3 is 19.1 Å². The second kappa shape index (κ2) is 11.6. The molecule has 0 atom stereocenters. The van der Waals surface area contributed by atoms with Gasteiger partial charge in [-0.3, -0.25) is 4.85 Å². The van der Waals surface area contributed by atoms with Crippen molar-refractivity contribution in [1.29, 1.82) is 0 Å². The van der Waals surface area contributed by atoms with Crippen LogP contribution in [0, 0.1) is 32.3 Å². The Labute approximate surface area is 275 Å². The van der Waals surface area contributed by atoms with Crippen LogP contribution in [0.4, 0.5) is 28.4 Å². The number of fused-ring (bicyclic) bond motifs is 4. The van der Waals surface area contributed by atoms with Gasteiger partial charge in [-0.15, -0.1) is 48.1 Å². The molecule has 5 aromatic carbocycles. The van der Waals surface area contributed by atoms with Gasteiger partial charge in [0, 0.05) is 61.3 Å². The summed E-state index contributed by atoms with van der Waals surface area (Å²) in [7, 11) is 0. The number of para-hydroxylation sites is 3. The fourth-order valence-electron chi connectivity index (χ4n) is 5.80. The molecule has 8 rings (SSSR count). The van der Waals surface area contributed by atoms with Crippen LogP contribution >= 0.6 is 0 Å². The molecule has 7 heteroatoms. The summed E-state index contributed by atoms with van der Waals surface area (Å²) in [5, 5.41) is 2.19. The van der Waals surface area contributed by atoms with E-state index < -0.39 is 0 Å². The molecule has 3 heterocycles. The topological polar surface area (TPSA) is 37.9 Å². The predicted octanol–water partition coefficient (Wildman–Crippen LogP) is 9.84. The summed E-state index contributed by atoms with van der Waals surface area (Å²) in [6.45, 7) is 11.9. The molecule has 6 nitrogen and oxygen atoms in total. The quantitative estimate of drug-likeness (QED) is 0.164. The SMILES string of the molecule is [C-]#[N+]c1cc(Oc2[c-]c3c(cc2)c2cc(C)ccc2n3-c2ccccn2)[c-]c(N2[CH-]N(c3ccccc3)c3ccccc32)c1.[Pt]. The molecule has 0 unspecified atom stereocenters. The standard InChI is InChI=1S/C38H24N5O.Pt/c1-26-15-18-34-33(20-26)32-17-16-30(24-37(32)43(34)38-14-8-9-19-40-38)44-31-22-27(39-2)21-29(23-31)42-25-41(28-10-4-3-5-11-28)35-12-6-7-13-36(35)42;/h3-22,25H,1H3;/q-3;. The van der Waals surface area contributed by atoms with E-state index in [0.717, 1.165) is 44.7 Å². The van der Waals surface area contributed by atoms with E-state index in [1.165, 1.54) is 5.56 Å². The first kappa shape index (κ1) is 28.4. The molecule has 45 heavy (non-hydrogen) atoms. The third-order valence-electron chi connectivity index (χ3n) is 7.77. The predicted molar refractivity (Wildman–Crippen MR) is 175 cm³/mol. The number of anilines is 4. The molecule has 0 aliphatic carbocycles. The molecule has 0 saturated carbocycles. The maximum Gasteiger partial charge on any atom is 0.135 e. The minimum Gasteiger partial charge on any atom is -0.510 e. The Morgan fingerprint density at radius 3 is 2.31 bits per heavy atom. The molecular weight excluding hydrogens is 738 g/mol. The van der Waals surface area contributed by atoms with E-state index in [0.29, 0.717) is 22.9 Å². The van der Waals surface area contributed by atoms with Gasteiger partial charge in [0.15, 0.2) is 0 Å². The second-order valence-corrected chi connectivity index (χ2v) is 10.6. The van der Waals surface area contributed by atoms with E-state index in [-0.39, 0.29) is 21.1 Å². The van der Waals surface area contributed by atoms with Crippen LogP contribution in [-0.2, 0) is 21.1 Å². The Hall–Kier alpha value is -5.37. The van der Waals surface area contributed by atoms with Gasteiger partial charge in [0.1, 0.15) is 5.82 Å². The van der Waals surface area contributed by atoms with Crippen LogP contribution < -0.4 is 14.5 Å². The third-order valence-corrected chi connectivity index (χ3v) is 7.77. The number of hydrogen-bond acceptors (Lipinski definition) is 4. The number of hydrogen-bond donors (Lipinski definition) is 0. The average Bonchev–Trinajstić information content (AvgIpc) is 3.61. The van der Waals surface area contributed by atoms with Crippen molar-refractivity contribution in [2.24, 2.45) is 0 Å². The van der Waals surface area contributed by atoms with E-state index in [1.54, 1.807) is 12.3 Å².